The molecule has 0 aliphatic rings. The lowest BCUT2D eigenvalue weighted by Gasteiger charge is -2.06. The Morgan fingerprint density at radius 3 is 2.70 bits per heavy atom. The maximum atomic E-state index is 12.4. The number of thiazole rings is 1. The fraction of sp³-hybridized carbons (Fsp3) is 0.100. The Kier molecular flexibility index (Phi) is 4.91. The number of anilines is 1. The third kappa shape index (κ3) is 3.86. The molecule has 0 radical (unpaired) electrons. The maximum absolute atomic E-state index is 12.4. The maximum Gasteiger partial charge on any atom is 0.230 e. The second kappa shape index (κ2) is 7.35. The summed E-state index contributed by atoms with van der Waals surface area (Å²) in [6.07, 6.45) is 2.20. The summed E-state index contributed by atoms with van der Waals surface area (Å²) in [6, 6.07) is 13.0. The third-order valence-corrected chi connectivity index (χ3v) is 5.77. The van der Waals surface area contributed by atoms with E-state index in [-0.39, 0.29) is 12.3 Å². The predicted molar refractivity (Wildman–Crippen MR) is 112 cm³/mol. The molecular formula is C20H15Cl2N3OS. The lowest BCUT2D eigenvalue weighted by Crippen LogP contribution is -2.15. The number of rotatable bonds is 4. The van der Waals surface area contributed by atoms with E-state index in [0.29, 0.717) is 15.7 Å². The van der Waals surface area contributed by atoms with Crippen molar-refractivity contribution in [1.82, 2.24) is 9.38 Å². The van der Waals surface area contributed by atoms with Crippen molar-refractivity contribution in [2.75, 3.05) is 5.32 Å². The van der Waals surface area contributed by atoms with Gasteiger partial charge in [0.15, 0.2) is 4.96 Å². The van der Waals surface area contributed by atoms with Gasteiger partial charge in [-0.05, 0) is 36.8 Å². The molecule has 0 atom stereocenters. The van der Waals surface area contributed by atoms with Crippen molar-refractivity contribution in [1.29, 1.82) is 0 Å². The van der Waals surface area contributed by atoms with Crippen LogP contribution in [0.1, 0.15) is 11.3 Å². The molecule has 2 aromatic heterocycles. The van der Waals surface area contributed by atoms with E-state index in [1.165, 1.54) is 11.3 Å². The van der Waals surface area contributed by atoms with E-state index in [4.69, 9.17) is 23.2 Å². The van der Waals surface area contributed by atoms with E-state index < -0.39 is 0 Å². The Morgan fingerprint density at radius 1 is 1.19 bits per heavy atom. The highest BCUT2D eigenvalue weighted by atomic mass is 35.5. The number of hydrogen-bond donors (Lipinski definition) is 1. The molecule has 4 nitrogen and oxygen atoms in total. The van der Waals surface area contributed by atoms with E-state index in [0.717, 1.165) is 27.5 Å². The van der Waals surface area contributed by atoms with Crippen LogP contribution < -0.4 is 5.32 Å². The van der Waals surface area contributed by atoms with E-state index in [1.807, 2.05) is 59.3 Å². The second-order valence-electron chi connectivity index (χ2n) is 6.20. The number of carbonyl (C=O) groups is 1. The van der Waals surface area contributed by atoms with E-state index in [9.17, 15) is 4.79 Å². The molecule has 2 heterocycles. The van der Waals surface area contributed by atoms with E-state index in [2.05, 4.69) is 10.3 Å². The molecule has 27 heavy (non-hydrogen) atoms. The number of hydrogen-bond acceptors (Lipinski definition) is 3. The van der Waals surface area contributed by atoms with Crippen LogP contribution in [0.2, 0.25) is 10.0 Å². The Morgan fingerprint density at radius 2 is 1.96 bits per heavy atom. The second-order valence-corrected chi connectivity index (χ2v) is 7.88. The SMILES string of the molecule is Cc1ccc(NC(=O)Cc2csc3nc(-c4ccc(Cl)cc4)cn23)cc1Cl. The van der Waals surface area contributed by atoms with Crippen LogP contribution in [0.3, 0.4) is 0 Å². The minimum atomic E-state index is -0.101. The molecule has 0 saturated heterocycles. The van der Waals surface area contributed by atoms with Gasteiger partial charge in [-0.1, -0.05) is 41.4 Å². The topological polar surface area (TPSA) is 46.4 Å². The van der Waals surface area contributed by atoms with Crippen LogP contribution in [0.25, 0.3) is 16.2 Å². The average molecular weight is 416 g/mol. The van der Waals surface area contributed by atoms with Crippen molar-refractivity contribution in [3.8, 4) is 11.3 Å². The molecule has 0 unspecified atom stereocenters. The number of nitrogens with zero attached hydrogens (tertiary/aromatic N) is 2. The molecule has 2 aromatic carbocycles. The summed E-state index contributed by atoms with van der Waals surface area (Å²) in [7, 11) is 0. The number of aromatic nitrogens is 2. The number of fused-ring (bicyclic) bond motifs is 1. The van der Waals surface area contributed by atoms with Gasteiger partial charge in [0.1, 0.15) is 0 Å². The normalized spacial score (nSPS) is 11.1. The van der Waals surface area contributed by atoms with Gasteiger partial charge < -0.3 is 5.32 Å². The minimum absolute atomic E-state index is 0.101. The highest BCUT2D eigenvalue weighted by molar-refractivity contribution is 7.15. The van der Waals surface area contributed by atoms with Gasteiger partial charge in [-0.2, -0.15) is 0 Å². The molecule has 7 heteroatoms. The van der Waals surface area contributed by atoms with Gasteiger partial charge in [0.05, 0.1) is 12.1 Å². The highest BCUT2D eigenvalue weighted by Crippen LogP contribution is 2.25. The standard InChI is InChI=1S/C20H15Cl2N3OS/c1-12-2-7-15(8-17(12)22)23-19(26)9-16-11-27-20-24-18(10-25(16)20)13-3-5-14(21)6-4-13/h2-8,10-11H,9H2,1H3,(H,23,26). The molecule has 136 valence electrons. The third-order valence-electron chi connectivity index (χ3n) is 4.22. The van der Waals surface area contributed by atoms with Crippen LogP contribution in [-0.4, -0.2) is 15.3 Å². The largest absolute Gasteiger partial charge is 0.326 e. The van der Waals surface area contributed by atoms with Crippen LogP contribution in [0.4, 0.5) is 5.69 Å². The lowest BCUT2D eigenvalue weighted by atomic mass is 10.2. The molecule has 0 bridgehead atoms. The summed E-state index contributed by atoms with van der Waals surface area (Å²) >= 11 is 13.6. The van der Waals surface area contributed by atoms with Crippen LogP contribution >= 0.6 is 34.5 Å². The quantitative estimate of drug-likeness (QED) is 0.453. The van der Waals surface area contributed by atoms with Gasteiger partial charge in [0, 0.05) is 38.6 Å². The predicted octanol–water partition coefficient (Wildman–Crippen LogP) is 5.86. The summed E-state index contributed by atoms with van der Waals surface area (Å²) in [5.74, 6) is -0.101. The van der Waals surface area contributed by atoms with E-state index in [1.54, 1.807) is 6.07 Å². The summed E-state index contributed by atoms with van der Waals surface area (Å²) < 4.78 is 1.95. The number of nitrogens with one attached hydrogen (secondary N) is 1. The molecule has 0 fully saturated rings. The van der Waals surface area contributed by atoms with Gasteiger partial charge in [-0.3, -0.25) is 9.20 Å². The zero-order chi connectivity index (χ0) is 19.0. The average Bonchev–Trinajstić information content (AvgIpc) is 3.21. The van der Waals surface area contributed by atoms with Crippen molar-refractivity contribution < 1.29 is 4.79 Å². The molecule has 0 aliphatic heterocycles. The molecule has 1 N–H and O–H groups in total. The Hall–Kier alpha value is -2.34. The van der Waals surface area contributed by atoms with Gasteiger partial charge >= 0.3 is 0 Å². The number of aryl methyl sites for hydroxylation is 1. The fourth-order valence-electron chi connectivity index (χ4n) is 2.76. The first-order chi connectivity index (χ1) is 13.0. The number of imidazole rings is 1. The monoisotopic (exact) mass is 415 g/mol. The van der Waals surface area contributed by atoms with Gasteiger partial charge in [0.2, 0.25) is 5.91 Å². The summed E-state index contributed by atoms with van der Waals surface area (Å²) in [4.78, 5) is 17.9. The zero-order valence-corrected chi connectivity index (χ0v) is 16.7. The van der Waals surface area contributed by atoms with Crippen LogP contribution in [-0.2, 0) is 11.2 Å². The first-order valence-electron chi connectivity index (χ1n) is 8.27. The summed E-state index contributed by atoms with van der Waals surface area (Å²) in [6.45, 7) is 1.92. The summed E-state index contributed by atoms with van der Waals surface area (Å²) in [5.41, 5.74) is 4.39. The van der Waals surface area contributed by atoms with Gasteiger partial charge in [0.25, 0.3) is 0 Å². The van der Waals surface area contributed by atoms with Crippen molar-refractivity contribution in [3.05, 3.63) is 75.3 Å². The van der Waals surface area contributed by atoms with Crippen LogP contribution in [0.5, 0.6) is 0 Å². The first-order valence-corrected chi connectivity index (χ1v) is 9.90. The molecular weight excluding hydrogens is 401 g/mol. The zero-order valence-electron chi connectivity index (χ0n) is 14.4. The van der Waals surface area contributed by atoms with Crippen LogP contribution in [0.15, 0.2) is 54.0 Å². The molecule has 4 rings (SSSR count). The number of carbonyl (C=O) groups excluding carboxylic acids is 1. The number of benzene rings is 2. The Labute approximate surface area is 170 Å². The lowest BCUT2D eigenvalue weighted by molar-refractivity contribution is -0.115. The first kappa shape index (κ1) is 18.0. The van der Waals surface area contributed by atoms with Crippen LogP contribution in [0, 0.1) is 6.92 Å². The Balaban J connectivity index is 1.54. The van der Waals surface area contributed by atoms with Crippen molar-refractivity contribution in [3.63, 3.8) is 0 Å². The van der Waals surface area contributed by atoms with Crippen molar-refractivity contribution >= 4 is 51.1 Å². The molecule has 4 aromatic rings. The van der Waals surface area contributed by atoms with Gasteiger partial charge in [-0.25, -0.2) is 4.98 Å². The highest BCUT2D eigenvalue weighted by Gasteiger charge is 2.13. The van der Waals surface area contributed by atoms with Crippen molar-refractivity contribution in [2.24, 2.45) is 0 Å². The molecule has 0 aliphatic carbocycles. The Bertz CT molecular complexity index is 1130. The molecule has 0 spiro atoms. The number of amides is 1. The van der Waals surface area contributed by atoms with Gasteiger partial charge in [-0.15, -0.1) is 11.3 Å². The van der Waals surface area contributed by atoms with Crippen molar-refractivity contribution in [2.45, 2.75) is 13.3 Å². The minimum Gasteiger partial charge on any atom is -0.326 e. The molecule has 1 amide bonds. The molecule has 0 saturated carbocycles. The fourth-order valence-corrected chi connectivity index (χ4v) is 3.94. The summed E-state index contributed by atoms with van der Waals surface area (Å²) in [5, 5.41) is 6.17. The smallest absolute Gasteiger partial charge is 0.230 e. The number of halogens is 2. The van der Waals surface area contributed by atoms with E-state index >= 15 is 0 Å².